The molecule has 0 amide bonds. The summed E-state index contributed by atoms with van der Waals surface area (Å²) in [6, 6.07) is 19.5. The second kappa shape index (κ2) is 5.13. The molecule has 3 rings (SSSR count). The van der Waals surface area contributed by atoms with Crippen molar-refractivity contribution in [3.63, 3.8) is 0 Å². The van der Waals surface area contributed by atoms with Crippen LogP contribution in [0.15, 0.2) is 72.8 Å². The zero-order valence-electron chi connectivity index (χ0n) is 12.1. The van der Waals surface area contributed by atoms with Gasteiger partial charge >= 0.3 is 0 Å². The predicted molar refractivity (Wildman–Crippen MR) is 86.7 cm³/mol. The normalized spacial score (nSPS) is 21.6. The van der Waals surface area contributed by atoms with Crippen LogP contribution in [0.25, 0.3) is 5.57 Å². The number of benzene rings is 2. The third kappa shape index (κ3) is 2.12. The van der Waals surface area contributed by atoms with Crippen molar-refractivity contribution in [1.82, 2.24) is 0 Å². The fraction of sp³-hybridized carbons (Fsp3) is 0.200. The molecule has 20 heavy (non-hydrogen) atoms. The lowest BCUT2D eigenvalue weighted by Gasteiger charge is -2.35. The highest BCUT2D eigenvalue weighted by Gasteiger charge is 2.32. The number of allylic oxidation sites excluding steroid dienone is 4. The largest absolute Gasteiger partial charge is 0.0833 e. The Labute approximate surface area is 121 Å². The first-order valence-corrected chi connectivity index (χ1v) is 7.21. The molecule has 1 unspecified atom stereocenters. The van der Waals surface area contributed by atoms with Crippen LogP contribution in [-0.2, 0) is 5.41 Å². The molecular weight excluding hydrogens is 240 g/mol. The topological polar surface area (TPSA) is 0 Å². The van der Waals surface area contributed by atoms with Crippen molar-refractivity contribution < 1.29 is 0 Å². The van der Waals surface area contributed by atoms with Crippen molar-refractivity contribution in [2.75, 3.05) is 0 Å². The molecule has 0 aliphatic heterocycles. The Morgan fingerprint density at radius 2 is 1.60 bits per heavy atom. The molecule has 0 saturated heterocycles. The van der Waals surface area contributed by atoms with Gasteiger partial charge in [0.05, 0.1) is 0 Å². The van der Waals surface area contributed by atoms with E-state index >= 15 is 0 Å². The van der Waals surface area contributed by atoms with Gasteiger partial charge in [-0.2, -0.15) is 0 Å². The average molecular weight is 260 g/mol. The highest BCUT2D eigenvalue weighted by molar-refractivity contribution is 5.79. The first kappa shape index (κ1) is 12.9. The van der Waals surface area contributed by atoms with E-state index in [1.165, 1.54) is 22.3 Å². The minimum Gasteiger partial charge on any atom is -0.0833 e. The van der Waals surface area contributed by atoms with Crippen molar-refractivity contribution >= 4 is 5.57 Å². The second-order valence-corrected chi connectivity index (χ2v) is 5.73. The van der Waals surface area contributed by atoms with Gasteiger partial charge in [-0.3, -0.25) is 0 Å². The van der Waals surface area contributed by atoms with E-state index in [1.54, 1.807) is 0 Å². The van der Waals surface area contributed by atoms with Crippen LogP contribution >= 0.6 is 0 Å². The van der Waals surface area contributed by atoms with Gasteiger partial charge in [-0.25, -0.2) is 0 Å². The lowest BCUT2D eigenvalue weighted by Crippen LogP contribution is -2.25. The second-order valence-electron chi connectivity index (χ2n) is 5.73. The van der Waals surface area contributed by atoms with Gasteiger partial charge in [0, 0.05) is 5.41 Å². The fourth-order valence-corrected chi connectivity index (χ4v) is 3.10. The quantitative estimate of drug-likeness (QED) is 0.687. The van der Waals surface area contributed by atoms with Crippen molar-refractivity contribution in [2.24, 2.45) is 0 Å². The number of aryl methyl sites for hydroxylation is 1. The number of hydrogen-bond acceptors (Lipinski definition) is 0. The Balaban J connectivity index is 2.15. The van der Waals surface area contributed by atoms with Crippen LogP contribution in [0.5, 0.6) is 0 Å². The van der Waals surface area contributed by atoms with Crippen LogP contribution in [0, 0.1) is 6.92 Å². The molecule has 2 aromatic rings. The predicted octanol–water partition coefficient (Wildman–Crippen LogP) is 5.30. The van der Waals surface area contributed by atoms with E-state index in [1.807, 2.05) is 0 Å². The Morgan fingerprint density at radius 3 is 2.35 bits per heavy atom. The van der Waals surface area contributed by atoms with Crippen molar-refractivity contribution in [2.45, 2.75) is 25.7 Å². The summed E-state index contributed by atoms with van der Waals surface area (Å²) in [5, 5.41) is 0. The van der Waals surface area contributed by atoms with Gasteiger partial charge in [0.1, 0.15) is 0 Å². The van der Waals surface area contributed by atoms with Gasteiger partial charge < -0.3 is 0 Å². The molecule has 1 atom stereocenters. The molecule has 0 radical (unpaired) electrons. The molecule has 0 saturated carbocycles. The standard InChI is InChI=1S/C20H20/c1-16-10-6-7-13-18(16)19-14-8-9-15-20(19,2)17-11-4-3-5-12-17/h3-14H,15H2,1-2H3. The van der Waals surface area contributed by atoms with E-state index < -0.39 is 0 Å². The Bertz CT molecular complexity index is 661. The molecule has 0 bridgehead atoms. The first-order valence-electron chi connectivity index (χ1n) is 7.21. The van der Waals surface area contributed by atoms with Gasteiger partial charge in [-0.15, -0.1) is 0 Å². The zero-order chi connectivity index (χ0) is 14.0. The minimum atomic E-state index is 0.0577. The van der Waals surface area contributed by atoms with E-state index in [0.29, 0.717) is 0 Å². The Hall–Kier alpha value is -2.08. The van der Waals surface area contributed by atoms with Gasteiger partial charge in [0.2, 0.25) is 0 Å². The summed E-state index contributed by atoms with van der Waals surface area (Å²) in [6.07, 6.45) is 7.79. The van der Waals surface area contributed by atoms with Crippen LogP contribution in [0.3, 0.4) is 0 Å². The van der Waals surface area contributed by atoms with Gasteiger partial charge in [0.15, 0.2) is 0 Å². The smallest absolute Gasteiger partial charge is 0.0215 e. The van der Waals surface area contributed by atoms with E-state index in [2.05, 4.69) is 86.7 Å². The summed E-state index contributed by atoms with van der Waals surface area (Å²) in [7, 11) is 0. The molecule has 0 aromatic heterocycles. The molecule has 1 aliphatic rings. The molecule has 1 aliphatic carbocycles. The maximum atomic E-state index is 2.35. The van der Waals surface area contributed by atoms with E-state index in [4.69, 9.17) is 0 Å². The molecule has 0 heteroatoms. The van der Waals surface area contributed by atoms with Crippen LogP contribution in [0.1, 0.15) is 30.0 Å². The summed E-state index contributed by atoms with van der Waals surface area (Å²) >= 11 is 0. The summed E-state index contributed by atoms with van der Waals surface area (Å²) in [5.74, 6) is 0. The molecule has 0 fully saturated rings. The number of rotatable bonds is 2. The SMILES string of the molecule is Cc1ccccc1C1=CC=CCC1(C)c1ccccc1. The van der Waals surface area contributed by atoms with Crippen molar-refractivity contribution in [3.05, 3.63) is 89.5 Å². The third-order valence-corrected chi connectivity index (χ3v) is 4.37. The van der Waals surface area contributed by atoms with Gasteiger partial charge in [0.25, 0.3) is 0 Å². The molecule has 2 aromatic carbocycles. The number of hydrogen-bond donors (Lipinski definition) is 0. The molecule has 0 heterocycles. The summed E-state index contributed by atoms with van der Waals surface area (Å²) < 4.78 is 0. The van der Waals surface area contributed by atoms with Crippen LogP contribution < -0.4 is 0 Å². The average Bonchev–Trinajstić information content (AvgIpc) is 2.50. The molecule has 0 spiro atoms. The Morgan fingerprint density at radius 1 is 0.900 bits per heavy atom. The van der Waals surface area contributed by atoms with Gasteiger partial charge in [-0.1, -0.05) is 79.7 Å². The van der Waals surface area contributed by atoms with Gasteiger partial charge in [-0.05, 0) is 35.6 Å². The van der Waals surface area contributed by atoms with E-state index in [-0.39, 0.29) is 5.41 Å². The summed E-state index contributed by atoms with van der Waals surface area (Å²) in [4.78, 5) is 0. The minimum absolute atomic E-state index is 0.0577. The van der Waals surface area contributed by atoms with Crippen molar-refractivity contribution in [3.8, 4) is 0 Å². The first-order chi connectivity index (χ1) is 9.72. The highest BCUT2D eigenvalue weighted by Crippen LogP contribution is 2.44. The van der Waals surface area contributed by atoms with E-state index in [0.717, 1.165) is 6.42 Å². The van der Waals surface area contributed by atoms with Crippen molar-refractivity contribution in [1.29, 1.82) is 0 Å². The highest BCUT2D eigenvalue weighted by atomic mass is 14.3. The lowest BCUT2D eigenvalue weighted by molar-refractivity contribution is 0.620. The zero-order valence-corrected chi connectivity index (χ0v) is 12.1. The molecule has 0 nitrogen and oxygen atoms in total. The summed E-state index contributed by atoms with van der Waals surface area (Å²) in [6.45, 7) is 4.55. The maximum Gasteiger partial charge on any atom is 0.0215 e. The maximum absolute atomic E-state index is 2.35. The fourth-order valence-electron chi connectivity index (χ4n) is 3.10. The Kier molecular flexibility index (Phi) is 3.31. The molecule has 100 valence electrons. The third-order valence-electron chi connectivity index (χ3n) is 4.37. The lowest BCUT2D eigenvalue weighted by atomic mass is 9.68. The van der Waals surface area contributed by atoms with Crippen LogP contribution in [0.2, 0.25) is 0 Å². The van der Waals surface area contributed by atoms with Crippen LogP contribution in [-0.4, -0.2) is 0 Å². The molecule has 0 N–H and O–H groups in total. The monoisotopic (exact) mass is 260 g/mol. The molecular formula is C20H20. The van der Waals surface area contributed by atoms with Crippen LogP contribution in [0.4, 0.5) is 0 Å². The summed E-state index contributed by atoms with van der Waals surface area (Å²) in [5.41, 5.74) is 5.57. The van der Waals surface area contributed by atoms with E-state index in [9.17, 15) is 0 Å².